The molecule has 0 aliphatic heterocycles. The number of hydrogen-bond donors (Lipinski definition) is 0. The third-order valence-electron chi connectivity index (χ3n) is 2.73. The largest absolute Gasteiger partial charge is 0.535 e. The van der Waals surface area contributed by atoms with E-state index in [2.05, 4.69) is 23.4 Å². The van der Waals surface area contributed by atoms with Crippen LogP contribution >= 0.6 is 0 Å². The minimum Gasteiger partial charge on any atom is -0.433 e. The summed E-state index contributed by atoms with van der Waals surface area (Å²) in [5, 5.41) is 7.02. The van der Waals surface area contributed by atoms with Crippen LogP contribution in [0.2, 0.25) is 19.1 Å². The average molecular weight is 332 g/mol. The molecular weight excluding hydrogens is 319 g/mol. The number of rotatable bonds is 4. The molecule has 0 spiro atoms. The van der Waals surface area contributed by atoms with Crippen molar-refractivity contribution in [1.82, 2.24) is 15.2 Å². The zero-order chi connectivity index (χ0) is 16.3. The molecular formula is C12H13F3N3O3Si. The molecule has 0 atom stereocenters. The highest BCUT2D eigenvalue weighted by Crippen LogP contribution is 2.30. The van der Waals surface area contributed by atoms with Gasteiger partial charge >= 0.3 is 12.3 Å². The third-order valence-corrected chi connectivity index (χ3v) is 3.93. The van der Waals surface area contributed by atoms with Crippen LogP contribution in [0.25, 0.3) is 11.0 Å². The van der Waals surface area contributed by atoms with E-state index in [0.717, 1.165) is 29.1 Å². The molecule has 0 saturated carbocycles. The number of alkyl halides is 3. The third kappa shape index (κ3) is 3.97. The van der Waals surface area contributed by atoms with Crippen molar-refractivity contribution in [1.29, 1.82) is 0 Å². The van der Waals surface area contributed by atoms with Crippen LogP contribution in [-0.2, 0) is 10.9 Å². The van der Waals surface area contributed by atoms with E-state index in [4.69, 9.17) is 9.57 Å². The minimum absolute atomic E-state index is 0.0322. The standard InChI is InChI=1S/C12H13F3N3O3Si/c1-22(2)6-5-20-11(19)21-18-10-4-3-8(12(13,14)15)7-9(10)16-17-18/h3-4,7H,5-6H2,1-2H3. The summed E-state index contributed by atoms with van der Waals surface area (Å²) >= 11 is 0. The summed E-state index contributed by atoms with van der Waals surface area (Å²) in [5.41, 5.74) is -0.744. The lowest BCUT2D eigenvalue weighted by atomic mass is 10.2. The predicted molar refractivity (Wildman–Crippen MR) is 72.7 cm³/mol. The smallest absolute Gasteiger partial charge is 0.433 e. The first-order valence-corrected chi connectivity index (χ1v) is 9.05. The topological polar surface area (TPSA) is 66.2 Å². The van der Waals surface area contributed by atoms with E-state index >= 15 is 0 Å². The number of halogens is 3. The van der Waals surface area contributed by atoms with Gasteiger partial charge in [0.05, 0.1) is 12.2 Å². The van der Waals surface area contributed by atoms with E-state index in [0.29, 0.717) is 0 Å². The lowest BCUT2D eigenvalue weighted by Crippen LogP contribution is -2.23. The maximum absolute atomic E-state index is 12.6. The fourth-order valence-corrected chi connectivity index (χ4v) is 2.09. The maximum Gasteiger partial charge on any atom is 0.535 e. The molecule has 0 aliphatic carbocycles. The molecule has 1 aromatic heterocycles. The average Bonchev–Trinajstić information content (AvgIpc) is 2.80. The quantitative estimate of drug-likeness (QED) is 0.489. The second-order valence-corrected chi connectivity index (χ2v) is 7.72. The van der Waals surface area contributed by atoms with Crippen LogP contribution in [0.15, 0.2) is 18.2 Å². The summed E-state index contributed by atoms with van der Waals surface area (Å²) in [6.07, 6.45) is -5.45. The van der Waals surface area contributed by atoms with Crippen LogP contribution in [0.1, 0.15) is 5.56 Å². The van der Waals surface area contributed by atoms with Crippen LogP contribution < -0.4 is 4.84 Å². The summed E-state index contributed by atoms with van der Waals surface area (Å²) in [7, 11) is -0.518. The number of ether oxygens (including phenoxy) is 1. The molecule has 2 aromatic rings. The summed E-state index contributed by atoms with van der Waals surface area (Å²) in [6, 6.07) is 3.59. The number of carbonyl (C=O) groups excluding carboxylic acids is 1. The molecule has 0 N–H and O–H groups in total. The van der Waals surface area contributed by atoms with E-state index in [9.17, 15) is 18.0 Å². The van der Waals surface area contributed by atoms with Crippen molar-refractivity contribution in [2.24, 2.45) is 0 Å². The van der Waals surface area contributed by atoms with Crippen LogP contribution in [0.5, 0.6) is 0 Å². The Bertz CT molecular complexity index is 672. The molecule has 10 heteroatoms. The molecule has 2 rings (SSSR count). The summed E-state index contributed by atoms with van der Waals surface area (Å²) < 4.78 is 42.6. The Morgan fingerprint density at radius 2 is 2.09 bits per heavy atom. The van der Waals surface area contributed by atoms with Gasteiger partial charge in [-0.3, -0.25) is 4.84 Å². The first kappa shape index (κ1) is 16.3. The van der Waals surface area contributed by atoms with Crippen molar-refractivity contribution < 1.29 is 27.5 Å². The predicted octanol–water partition coefficient (Wildman–Crippen LogP) is 2.77. The Morgan fingerprint density at radius 1 is 1.36 bits per heavy atom. The van der Waals surface area contributed by atoms with Crippen molar-refractivity contribution in [3.63, 3.8) is 0 Å². The molecule has 0 bridgehead atoms. The van der Waals surface area contributed by atoms with Crippen molar-refractivity contribution in [3.8, 4) is 0 Å². The van der Waals surface area contributed by atoms with Gasteiger partial charge in [-0.2, -0.15) is 13.2 Å². The van der Waals surface area contributed by atoms with Gasteiger partial charge in [0.1, 0.15) is 11.0 Å². The Balaban J connectivity index is 2.08. The van der Waals surface area contributed by atoms with Crippen molar-refractivity contribution in [2.75, 3.05) is 6.61 Å². The van der Waals surface area contributed by atoms with Gasteiger partial charge in [-0.05, 0) is 29.5 Å². The SMILES string of the molecule is C[Si](C)CCOC(=O)On1nnc2cc(C(F)(F)F)ccc21. The second-order valence-electron chi connectivity index (χ2n) is 4.81. The van der Waals surface area contributed by atoms with E-state index < -0.39 is 26.7 Å². The van der Waals surface area contributed by atoms with E-state index in [-0.39, 0.29) is 17.6 Å². The highest BCUT2D eigenvalue weighted by Gasteiger charge is 2.31. The molecule has 0 fully saturated rings. The van der Waals surface area contributed by atoms with Gasteiger partial charge in [-0.25, -0.2) is 4.79 Å². The van der Waals surface area contributed by atoms with Gasteiger partial charge in [0.15, 0.2) is 0 Å². The number of nitrogens with zero attached hydrogens (tertiary/aromatic N) is 3. The number of fused-ring (bicyclic) bond motifs is 1. The molecule has 6 nitrogen and oxygen atoms in total. The van der Waals surface area contributed by atoms with Gasteiger partial charge in [-0.1, -0.05) is 17.9 Å². The molecule has 1 radical (unpaired) electrons. The summed E-state index contributed by atoms with van der Waals surface area (Å²) in [5.74, 6) is 0. The number of hydrogen-bond acceptors (Lipinski definition) is 5. The van der Waals surface area contributed by atoms with Gasteiger partial charge in [0.25, 0.3) is 0 Å². The van der Waals surface area contributed by atoms with E-state index in [1.165, 1.54) is 0 Å². The zero-order valence-corrected chi connectivity index (χ0v) is 12.8. The monoisotopic (exact) mass is 332 g/mol. The summed E-state index contributed by atoms with van der Waals surface area (Å²) in [4.78, 5) is 17.0. The Kier molecular flexibility index (Phi) is 4.69. The molecule has 0 aliphatic rings. The number of benzene rings is 1. The first-order valence-electron chi connectivity index (χ1n) is 6.34. The number of aromatic nitrogens is 3. The van der Waals surface area contributed by atoms with Crippen molar-refractivity contribution in [2.45, 2.75) is 25.3 Å². The Labute approximate surface area is 125 Å². The van der Waals surface area contributed by atoms with Crippen LogP contribution in [0.4, 0.5) is 18.0 Å². The second kappa shape index (κ2) is 6.34. The fourth-order valence-electron chi connectivity index (χ4n) is 1.58. The summed E-state index contributed by atoms with van der Waals surface area (Å²) in [6.45, 7) is 4.37. The highest BCUT2D eigenvalue weighted by atomic mass is 28.3. The van der Waals surface area contributed by atoms with E-state index in [1.807, 2.05) is 0 Å². The molecule has 0 unspecified atom stereocenters. The van der Waals surface area contributed by atoms with Gasteiger partial charge in [0, 0.05) is 8.80 Å². The molecule has 119 valence electrons. The first-order chi connectivity index (χ1) is 10.3. The van der Waals surface area contributed by atoms with Gasteiger partial charge in [0.2, 0.25) is 0 Å². The molecule has 0 amide bonds. The zero-order valence-electron chi connectivity index (χ0n) is 11.8. The molecule has 1 aromatic carbocycles. The van der Waals surface area contributed by atoms with E-state index in [1.54, 1.807) is 0 Å². The van der Waals surface area contributed by atoms with Crippen molar-refractivity contribution >= 4 is 26.0 Å². The highest BCUT2D eigenvalue weighted by molar-refractivity contribution is 6.55. The molecule has 22 heavy (non-hydrogen) atoms. The normalized spacial score (nSPS) is 11.9. The van der Waals surface area contributed by atoms with Crippen LogP contribution in [0, 0.1) is 0 Å². The Hall–Kier alpha value is -2.10. The van der Waals surface area contributed by atoms with Gasteiger partial charge in [-0.15, -0.1) is 5.10 Å². The minimum atomic E-state index is -4.47. The molecule has 1 heterocycles. The van der Waals surface area contributed by atoms with Gasteiger partial charge < -0.3 is 4.74 Å². The van der Waals surface area contributed by atoms with Crippen LogP contribution in [0.3, 0.4) is 0 Å². The lowest BCUT2D eigenvalue weighted by Gasteiger charge is -2.07. The molecule has 0 saturated heterocycles. The fraction of sp³-hybridized carbons (Fsp3) is 0.417. The number of carbonyl (C=O) groups is 1. The van der Waals surface area contributed by atoms with Crippen molar-refractivity contribution in [3.05, 3.63) is 23.8 Å². The maximum atomic E-state index is 12.6. The Morgan fingerprint density at radius 3 is 2.73 bits per heavy atom. The van der Waals surface area contributed by atoms with Crippen LogP contribution in [-0.4, -0.2) is 36.7 Å². The lowest BCUT2D eigenvalue weighted by molar-refractivity contribution is -0.137.